The summed E-state index contributed by atoms with van der Waals surface area (Å²) in [5.41, 5.74) is 2.33. The molecule has 1 unspecified atom stereocenters. The standard InChI is InChI=1S/C25H24N2O4/c1-17-16-26(24(28)18-10-4-8-14-22(18)30-2)20-12-6-7-13-21(20)27(17)25(29)19-11-5-9-15-23(19)31-3/h4-15,17H,16H2,1-3H3. The van der Waals surface area contributed by atoms with Gasteiger partial charge >= 0.3 is 0 Å². The fraction of sp³-hybridized carbons (Fsp3) is 0.200. The Morgan fingerprint density at radius 1 is 0.742 bits per heavy atom. The van der Waals surface area contributed by atoms with Gasteiger partial charge in [0.15, 0.2) is 0 Å². The first-order valence-electron chi connectivity index (χ1n) is 10.1. The van der Waals surface area contributed by atoms with Crippen LogP contribution in [0.15, 0.2) is 72.8 Å². The molecule has 0 spiro atoms. The van der Waals surface area contributed by atoms with Gasteiger partial charge in [0.1, 0.15) is 11.5 Å². The zero-order chi connectivity index (χ0) is 22.0. The molecule has 6 nitrogen and oxygen atoms in total. The molecular formula is C25H24N2O4. The van der Waals surface area contributed by atoms with E-state index in [0.29, 0.717) is 40.5 Å². The van der Waals surface area contributed by atoms with Crippen LogP contribution in [0.3, 0.4) is 0 Å². The number of para-hydroxylation sites is 4. The molecule has 0 saturated carbocycles. The van der Waals surface area contributed by atoms with Crippen molar-refractivity contribution in [1.29, 1.82) is 0 Å². The molecule has 31 heavy (non-hydrogen) atoms. The number of hydrogen-bond acceptors (Lipinski definition) is 4. The predicted molar refractivity (Wildman–Crippen MR) is 120 cm³/mol. The maximum atomic E-state index is 13.5. The first-order chi connectivity index (χ1) is 15.1. The van der Waals surface area contributed by atoms with Gasteiger partial charge in [-0.2, -0.15) is 0 Å². The van der Waals surface area contributed by atoms with Crippen molar-refractivity contribution in [3.05, 3.63) is 83.9 Å². The van der Waals surface area contributed by atoms with Crippen molar-refractivity contribution in [1.82, 2.24) is 0 Å². The highest BCUT2D eigenvalue weighted by Gasteiger charge is 2.36. The highest BCUT2D eigenvalue weighted by atomic mass is 16.5. The number of fused-ring (bicyclic) bond motifs is 1. The SMILES string of the molecule is COc1ccccc1C(=O)N1CC(C)N(C(=O)c2ccccc2OC)c2ccccc21. The van der Waals surface area contributed by atoms with Gasteiger partial charge in [-0.15, -0.1) is 0 Å². The molecule has 0 radical (unpaired) electrons. The molecule has 3 aromatic rings. The van der Waals surface area contributed by atoms with Crippen molar-refractivity contribution < 1.29 is 19.1 Å². The van der Waals surface area contributed by atoms with E-state index in [1.165, 1.54) is 0 Å². The second-order valence-corrected chi connectivity index (χ2v) is 7.33. The number of methoxy groups -OCH3 is 2. The van der Waals surface area contributed by atoms with Crippen LogP contribution in [0, 0.1) is 0 Å². The van der Waals surface area contributed by atoms with Crippen molar-refractivity contribution in [2.75, 3.05) is 30.6 Å². The van der Waals surface area contributed by atoms with Crippen LogP contribution >= 0.6 is 0 Å². The summed E-state index contributed by atoms with van der Waals surface area (Å²) in [7, 11) is 3.10. The Morgan fingerprint density at radius 2 is 1.23 bits per heavy atom. The van der Waals surface area contributed by atoms with Gasteiger partial charge in [0.2, 0.25) is 0 Å². The van der Waals surface area contributed by atoms with Crippen LogP contribution in [0.4, 0.5) is 11.4 Å². The summed E-state index contributed by atoms with van der Waals surface area (Å²) in [4.78, 5) is 30.4. The number of amides is 2. The number of benzene rings is 3. The minimum absolute atomic E-state index is 0.165. The number of carbonyl (C=O) groups excluding carboxylic acids is 2. The third-order valence-corrected chi connectivity index (χ3v) is 5.46. The lowest BCUT2D eigenvalue weighted by molar-refractivity contribution is 0.0949. The lowest BCUT2D eigenvalue weighted by Gasteiger charge is -2.41. The summed E-state index contributed by atoms with van der Waals surface area (Å²) in [5, 5.41) is 0. The van der Waals surface area contributed by atoms with E-state index in [9.17, 15) is 9.59 Å². The largest absolute Gasteiger partial charge is 0.496 e. The van der Waals surface area contributed by atoms with E-state index in [1.54, 1.807) is 48.3 Å². The molecule has 6 heteroatoms. The molecule has 0 bridgehead atoms. The van der Waals surface area contributed by atoms with E-state index in [4.69, 9.17) is 9.47 Å². The van der Waals surface area contributed by atoms with Crippen molar-refractivity contribution in [2.24, 2.45) is 0 Å². The van der Waals surface area contributed by atoms with Crippen LogP contribution in [-0.4, -0.2) is 38.6 Å². The Hall–Kier alpha value is -3.80. The summed E-state index contributed by atoms with van der Waals surface area (Å²) < 4.78 is 10.8. The molecule has 0 aliphatic carbocycles. The molecule has 1 aliphatic rings. The molecule has 1 atom stereocenters. The van der Waals surface area contributed by atoms with E-state index >= 15 is 0 Å². The lowest BCUT2D eigenvalue weighted by Crippen LogP contribution is -2.52. The Morgan fingerprint density at radius 3 is 1.81 bits per heavy atom. The zero-order valence-electron chi connectivity index (χ0n) is 17.7. The first kappa shape index (κ1) is 20.5. The molecular weight excluding hydrogens is 392 g/mol. The topological polar surface area (TPSA) is 59.1 Å². The average Bonchev–Trinajstić information content (AvgIpc) is 2.82. The Bertz CT molecular complexity index is 1130. The maximum absolute atomic E-state index is 13.5. The third-order valence-electron chi connectivity index (χ3n) is 5.46. The van der Waals surface area contributed by atoms with Gasteiger partial charge in [-0.1, -0.05) is 36.4 Å². The summed E-state index contributed by atoms with van der Waals surface area (Å²) in [6, 6.07) is 21.5. The van der Waals surface area contributed by atoms with Crippen molar-refractivity contribution in [3.8, 4) is 11.5 Å². The first-order valence-corrected chi connectivity index (χ1v) is 10.1. The minimum atomic E-state index is -0.244. The zero-order valence-corrected chi connectivity index (χ0v) is 17.7. The monoisotopic (exact) mass is 416 g/mol. The number of ether oxygens (including phenoxy) is 2. The summed E-state index contributed by atoms with van der Waals surface area (Å²) in [6.07, 6.45) is 0. The second kappa shape index (κ2) is 8.52. The van der Waals surface area contributed by atoms with E-state index in [1.807, 2.05) is 55.5 Å². The number of nitrogens with zero attached hydrogens (tertiary/aromatic N) is 2. The van der Waals surface area contributed by atoms with Crippen LogP contribution < -0.4 is 19.3 Å². The smallest absolute Gasteiger partial charge is 0.262 e. The van der Waals surface area contributed by atoms with Gasteiger partial charge in [0.25, 0.3) is 11.8 Å². The highest BCUT2D eigenvalue weighted by Crippen LogP contribution is 2.38. The van der Waals surface area contributed by atoms with Gasteiger partial charge < -0.3 is 19.3 Å². The van der Waals surface area contributed by atoms with Crippen LogP contribution in [-0.2, 0) is 0 Å². The molecule has 1 heterocycles. The molecule has 0 N–H and O–H groups in total. The molecule has 1 aliphatic heterocycles. The summed E-state index contributed by atoms with van der Waals surface area (Å²) in [5.74, 6) is 0.706. The van der Waals surface area contributed by atoms with E-state index in [0.717, 1.165) is 0 Å². The fourth-order valence-corrected chi connectivity index (χ4v) is 4.00. The maximum Gasteiger partial charge on any atom is 0.262 e. The summed E-state index contributed by atoms with van der Waals surface area (Å²) in [6.45, 7) is 2.29. The van der Waals surface area contributed by atoms with Crippen LogP contribution in [0.25, 0.3) is 0 Å². The second-order valence-electron chi connectivity index (χ2n) is 7.33. The van der Waals surface area contributed by atoms with E-state index in [2.05, 4.69) is 0 Å². The van der Waals surface area contributed by atoms with Crippen molar-refractivity contribution in [2.45, 2.75) is 13.0 Å². The Kier molecular flexibility index (Phi) is 5.62. The molecule has 0 aromatic heterocycles. The van der Waals surface area contributed by atoms with Crippen molar-refractivity contribution >= 4 is 23.2 Å². The van der Waals surface area contributed by atoms with Crippen LogP contribution in [0.1, 0.15) is 27.6 Å². The molecule has 3 aromatic carbocycles. The van der Waals surface area contributed by atoms with Crippen LogP contribution in [0.5, 0.6) is 11.5 Å². The van der Waals surface area contributed by atoms with E-state index < -0.39 is 0 Å². The van der Waals surface area contributed by atoms with Gasteiger partial charge in [0.05, 0.1) is 42.8 Å². The Labute approximate surface area is 181 Å². The molecule has 4 rings (SSSR count). The number of anilines is 2. The van der Waals surface area contributed by atoms with Crippen LogP contribution in [0.2, 0.25) is 0 Å². The third kappa shape index (κ3) is 3.61. The number of hydrogen-bond donors (Lipinski definition) is 0. The molecule has 0 saturated heterocycles. The van der Waals surface area contributed by atoms with Crippen molar-refractivity contribution in [3.63, 3.8) is 0 Å². The molecule has 158 valence electrons. The van der Waals surface area contributed by atoms with Gasteiger partial charge in [-0.25, -0.2) is 0 Å². The normalized spacial score (nSPS) is 15.3. The number of rotatable bonds is 4. The van der Waals surface area contributed by atoms with Gasteiger partial charge in [-0.3, -0.25) is 9.59 Å². The number of carbonyl (C=O) groups is 2. The highest BCUT2D eigenvalue weighted by molar-refractivity contribution is 6.15. The minimum Gasteiger partial charge on any atom is -0.496 e. The van der Waals surface area contributed by atoms with Gasteiger partial charge in [0, 0.05) is 6.54 Å². The molecule has 2 amide bonds. The summed E-state index contributed by atoms with van der Waals surface area (Å²) >= 11 is 0. The predicted octanol–water partition coefficient (Wildman–Crippen LogP) is 4.40. The average molecular weight is 416 g/mol. The van der Waals surface area contributed by atoms with Gasteiger partial charge in [-0.05, 0) is 43.3 Å². The fourth-order valence-electron chi connectivity index (χ4n) is 4.00. The van der Waals surface area contributed by atoms with E-state index in [-0.39, 0.29) is 17.9 Å². The Balaban J connectivity index is 1.76. The molecule has 0 fully saturated rings. The lowest BCUT2D eigenvalue weighted by atomic mass is 10.0. The quantitative estimate of drug-likeness (QED) is 0.633.